The van der Waals surface area contributed by atoms with Crippen LogP contribution in [0.2, 0.25) is 5.02 Å². The second kappa shape index (κ2) is 7.77. The van der Waals surface area contributed by atoms with Crippen LogP contribution in [-0.4, -0.2) is 55.1 Å². The number of halogens is 1. The zero-order chi connectivity index (χ0) is 18.0. The molecule has 1 aromatic carbocycles. The van der Waals surface area contributed by atoms with Gasteiger partial charge in [0.15, 0.2) is 0 Å². The lowest BCUT2D eigenvalue weighted by Gasteiger charge is -2.35. The molecule has 1 aliphatic carbocycles. The van der Waals surface area contributed by atoms with Crippen LogP contribution < -0.4 is 5.32 Å². The van der Waals surface area contributed by atoms with E-state index in [0.717, 1.165) is 43.9 Å². The van der Waals surface area contributed by atoms with Crippen molar-refractivity contribution in [1.82, 2.24) is 15.1 Å². The first-order chi connectivity index (χ1) is 12.6. The van der Waals surface area contributed by atoms with Crippen LogP contribution in [0.4, 0.5) is 4.79 Å². The van der Waals surface area contributed by atoms with Crippen LogP contribution in [0.25, 0.3) is 0 Å². The van der Waals surface area contributed by atoms with Gasteiger partial charge in [0, 0.05) is 36.6 Å². The van der Waals surface area contributed by atoms with Gasteiger partial charge in [0.05, 0.1) is 0 Å². The lowest BCUT2D eigenvalue weighted by molar-refractivity contribution is 0.146. The minimum absolute atomic E-state index is 0.122. The summed E-state index contributed by atoms with van der Waals surface area (Å²) in [6.45, 7) is 6.20. The van der Waals surface area contributed by atoms with Crippen molar-refractivity contribution in [2.45, 2.75) is 43.9 Å². The number of nitrogens with one attached hydrogen (secondary N) is 1. The maximum atomic E-state index is 12.7. The highest BCUT2D eigenvalue weighted by molar-refractivity contribution is 6.30. The predicted molar refractivity (Wildman–Crippen MR) is 106 cm³/mol. The fraction of sp³-hybridized carbons (Fsp3) is 0.667. The van der Waals surface area contributed by atoms with Crippen molar-refractivity contribution in [1.29, 1.82) is 0 Å². The molecule has 4 nitrogen and oxygen atoms in total. The maximum Gasteiger partial charge on any atom is 0.317 e. The van der Waals surface area contributed by atoms with Gasteiger partial charge in [-0.25, -0.2) is 4.79 Å². The number of carbonyl (C=O) groups is 1. The van der Waals surface area contributed by atoms with Crippen LogP contribution in [0.1, 0.15) is 44.1 Å². The molecule has 5 heteroatoms. The Bertz CT molecular complexity index is 623. The summed E-state index contributed by atoms with van der Waals surface area (Å²) in [7, 11) is 0. The van der Waals surface area contributed by atoms with E-state index in [1.807, 2.05) is 17.0 Å². The van der Waals surface area contributed by atoms with Gasteiger partial charge in [0.25, 0.3) is 0 Å². The first kappa shape index (κ1) is 18.1. The normalized spacial score (nSPS) is 25.3. The Morgan fingerprint density at radius 2 is 1.85 bits per heavy atom. The third-order valence-electron chi connectivity index (χ3n) is 6.41. The summed E-state index contributed by atoms with van der Waals surface area (Å²) in [6, 6.07) is 8.23. The smallest absolute Gasteiger partial charge is 0.317 e. The highest BCUT2D eigenvalue weighted by Gasteiger charge is 2.44. The number of carbonyl (C=O) groups excluding carboxylic acids is 1. The average Bonchev–Trinajstić information content (AvgIpc) is 3.28. The molecule has 3 fully saturated rings. The molecular formula is C21H30ClN3O. The summed E-state index contributed by atoms with van der Waals surface area (Å²) >= 11 is 6.01. The summed E-state index contributed by atoms with van der Waals surface area (Å²) < 4.78 is 0. The number of hydrogen-bond acceptors (Lipinski definition) is 2. The van der Waals surface area contributed by atoms with Crippen LogP contribution in [0, 0.1) is 5.92 Å². The molecule has 1 atom stereocenters. The summed E-state index contributed by atoms with van der Waals surface area (Å²) in [4.78, 5) is 17.3. The van der Waals surface area contributed by atoms with E-state index < -0.39 is 0 Å². The fourth-order valence-corrected chi connectivity index (χ4v) is 4.73. The Labute approximate surface area is 161 Å². The van der Waals surface area contributed by atoms with E-state index in [9.17, 15) is 4.79 Å². The van der Waals surface area contributed by atoms with Crippen molar-refractivity contribution in [2.24, 2.45) is 5.92 Å². The highest BCUT2D eigenvalue weighted by atomic mass is 35.5. The van der Waals surface area contributed by atoms with E-state index in [4.69, 9.17) is 11.6 Å². The highest BCUT2D eigenvalue weighted by Crippen LogP contribution is 2.47. The molecule has 2 saturated heterocycles. The topological polar surface area (TPSA) is 35.6 Å². The van der Waals surface area contributed by atoms with E-state index in [0.29, 0.717) is 5.92 Å². The molecule has 1 N–H and O–H groups in total. The Hall–Kier alpha value is -1.26. The van der Waals surface area contributed by atoms with E-state index in [1.165, 1.54) is 44.5 Å². The number of rotatable bonds is 5. The largest absolute Gasteiger partial charge is 0.337 e. The van der Waals surface area contributed by atoms with E-state index in [2.05, 4.69) is 22.3 Å². The molecule has 0 aromatic heterocycles. The molecule has 142 valence electrons. The Balaban J connectivity index is 1.28. The van der Waals surface area contributed by atoms with Gasteiger partial charge >= 0.3 is 6.03 Å². The summed E-state index contributed by atoms with van der Waals surface area (Å²) in [5.74, 6) is 0.638. The number of benzene rings is 1. The number of hydrogen-bond donors (Lipinski definition) is 1. The van der Waals surface area contributed by atoms with Crippen molar-refractivity contribution in [3.05, 3.63) is 34.9 Å². The summed E-state index contributed by atoms with van der Waals surface area (Å²) in [6.07, 6.45) is 7.36. The van der Waals surface area contributed by atoms with Gasteiger partial charge < -0.3 is 15.1 Å². The zero-order valence-corrected chi connectivity index (χ0v) is 16.3. The molecular weight excluding hydrogens is 346 g/mol. The van der Waals surface area contributed by atoms with Crippen molar-refractivity contribution >= 4 is 17.6 Å². The fourth-order valence-electron chi connectivity index (χ4n) is 4.61. The molecule has 0 radical (unpaired) electrons. The third kappa shape index (κ3) is 4.17. The number of nitrogens with zero attached hydrogens (tertiary/aromatic N) is 2. The standard InChI is InChI=1S/C21H30ClN3O/c22-19-7-5-18(6-8-19)21(9-10-21)16-23-20(26)25-13-3-4-17(15-25)14-24-11-1-2-12-24/h5-8,17H,1-4,9-16H2,(H,23,26)/t17-/m0/s1. The van der Waals surface area contributed by atoms with Gasteiger partial charge in [-0.2, -0.15) is 0 Å². The first-order valence-electron chi connectivity index (χ1n) is 10.2. The molecule has 1 saturated carbocycles. The van der Waals surface area contributed by atoms with E-state index in [1.54, 1.807) is 0 Å². The lowest BCUT2D eigenvalue weighted by atomic mass is 9.96. The Morgan fingerprint density at radius 1 is 1.12 bits per heavy atom. The predicted octanol–water partition coefficient (Wildman–Crippen LogP) is 3.89. The van der Waals surface area contributed by atoms with Gasteiger partial charge in [0.2, 0.25) is 0 Å². The molecule has 0 unspecified atom stereocenters. The van der Waals surface area contributed by atoms with Crippen LogP contribution in [-0.2, 0) is 5.41 Å². The quantitative estimate of drug-likeness (QED) is 0.847. The summed E-state index contributed by atoms with van der Waals surface area (Å²) in [5, 5.41) is 3.99. The minimum atomic E-state index is 0.122. The Kier molecular flexibility index (Phi) is 5.42. The van der Waals surface area contributed by atoms with Gasteiger partial charge in [-0.3, -0.25) is 0 Å². The number of amides is 2. The molecule has 2 aliphatic heterocycles. The van der Waals surface area contributed by atoms with Crippen LogP contribution in [0.15, 0.2) is 24.3 Å². The molecule has 2 heterocycles. The van der Waals surface area contributed by atoms with Crippen LogP contribution in [0.3, 0.4) is 0 Å². The summed E-state index contributed by atoms with van der Waals surface area (Å²) in [5.41, 5.74) is 1.43. The van der Waals surface area contributed by atoms with Gasteiger partial charge in [-0.15, -0.1) is 0 Å². The second-order valence-electron chi connectivity index (χ2n) is 8.41. The molecule has 4 rings (SSSR count). The molecule has 26 heavy (non-hydrogen) atoms. The van der Waals surface area contributed by atoms with Crippen molar-refractivity contribution in [2.75, 3.05) is 39.3 Å². The average molecular weight is 376 g/mol. The molecule has 1 aromatic rings. The number of urea groups is 1. The van der Waals surface area contributed by atoms with Crippen LogP contribution in [0.5, 0.6) is 0 Å². The van der Waals surface area contributed by atoms with E-state index >= 15 is 0 Å². The SMILES string of the molecule is O=C(NCC1(c2ccc(Cl)cc2)CC1)N1CCC[C@@H](CN2CCCC2)C1. The second-order valence-corrected chi connectivity index (χ2v) is 8.84. The zero-order valence-electron chi connectivity index (χ0n) is 15.6. The van der Waals surface area contributed by atoms with Gasteiger partial charge in [0.1, 0.15) is 0 Å². The molecule has 0 bridgehead atoms. The first-order valence-corrected chi connectivity index (χ1v) is 10.5. The third-order valence-corrected chi connectivity index (χ3v) is 6.66. The minimum Gasteiger partial charge on any atom is -0.337 e. The molecule has 3 aliphatic rings. The maximum absolute atomic E-state index is 12.7. The Morgan fingerprint density at radius 3 is 2.54 bits per heavy atom. The molecule has 2 amide bonds. The molecule has 0 spiro atoms. The number of likely N-dealkylation sites (tertiary alicyclic amines) is 2. The van der Waals surface area contributed by atoms with Gasteiger partial charge in [-0.1, -0.05) is 23.7 Å². The van der Waals surface area contributed by atoms with Crippen molar-refractivity contribution < 1.29 is 4.79 Å². The van der Waals surface area contributed by atoms with Crippen molar-refractivity contribution in [3.8, 4) is 0 Å². The van der Waals surface area contributed by atoms with E-state index in [-0.39, 0.29) is 11.4 Å². The number of piperidine rings is 1. The monoisotopic (exact) mass is 375 g/mol. The van der Waals surface area contributed by atoms with Gasteiger partial charge in [-0.05, 0) is 75.2 Å². The lowest BCUT2D eigenvalue weighted by Crippen LogP contribution is -2.48. The van der Waals surface area contributed by atoms with Crippen LogP contribution >= 0.6 is 11.6 Å². The van der Waals surface area contributed by atoms with Crippen molar-refractivity contribution in [3.63, 3.8) is 0 Å².